The maximum Gasteiger partial charge on any atom is 0.222 e. The topological polar surface area (TPSA) is 49.0 Å². The van der Waals surface area contributed by atoms with E-state index in [2.05, 4.69) is 21.6 Å². The van der Waals surface area contributed by atoms with Crippen LogP contribution in [0.3, 0.4) is 0 Å². The van der Waals surface area contributed by atoms with Crippen LogP contribution in [0.15, 0.2) is 29.8 Å². The number of aromatic amines is 1. The molecule has 5 heteroatoms. The molecule has 0 radical (unpaired) electrons. The first kappa shape index (κ1) is 12.4. The summed E-state index contributed by atoms with van der Waals surface area (Å²) in [5, 5.41) is 9.05. The highest BCUT2D eigenvalue weighted by Gasteiger charge is 2.27. The smallest absolute Gasteiger partial charge is 0.222 e. The highest BCUT2D eigenvalue weighted by atomic mass is 32.1. The molecule has 0 aromatic carbocycles. The van der Waals surface area contributed by atoms with Gasteiger partial charge in [-0.05, 0) is 30.4 Å². The summed E-state index contributed by atoms with van der Waals surface area (Å²) >= 11 is 1.72. The molecule has 100 valence electrons. The van der Waals surface area contributed by atoms with Crippen LogP contribution < -0.4 is 0 Å². The Kier molecular flexibility index (Phi) is 3.64. The summed E-state index contributed by atoms with van der Waals surface area (Å²) in [5.74, 6) is 0.698. The molecule has 0 spiro atoms. The molecular weight excluding hydrogens is 258 g/mol. The summed E-state index contributed by atoms with van der Waals surface area (Å²) in [4.78, 5) is 15.4. The van der Waals surface area contributed by atoms with Crippen molar-refractivity contribution in [1.29, 1.82) is 0 Å². The van der Waals surface area contributed by atoms with Crippen LogP contribution >= 0.6 is 11.3 Å². The number of nitrogens with zero attached hydrogens (tertiary/aromatic N) is 2. The average molecular weight is 275 g/mol. The third kappa shape index (κ3) is 2.87. The van der Waals surface area contributed by atoms with Crippen LogP contribution in [0.5, 0.6) is 0 Å². The molecule has 3 rings (SSSR count). The third-order valence-electron chi connectivity index (χ3n) is 3.67. The second kappa shape index (κ2) is 5.57. The van der Waals surface area contributed by atoms with E-state index in [1.165, 1.54) is 4.88 Å². The van der Waals surface area contributed by atoms with E-state index in [0.717, 1.165) is 31.6 Å². The van der Waals surface area contributed by atoms with Crippen molar-refractivity contribution in [2.75, 3.05) is 13.1 Å². The lowest BCUT2D eigenvalue weighted by atomic mass is 10.1. The molecule has 1 atom stereocenters. The van der Waals surface area contributed by atoms with Crippen molar-refractivity contribution in [3.05, 3.63) is 40.3 Å². The molecule has 2 aromatic heterocycles. The number of hydrogen-bond acceptors (Lipinski definition) is 3. The van der Waals surface area contributed by atoms with Gasteiger partial charge in [0.05, 0.1) is 0 Å². The third-order valence-corrected chi connectivity index (χ3v) is 4.60. The predicted molar refractivity (Wildman–Crippen MR) is 75.2 cm³/mol. The van der Waals surface area contributed by atoms with E-state index in [9.17, 15) is 4.79 Å². The van der Waals surface area contributed by atoms with Crippen LogP contribution in [-0.2, 0) is 11.2 Å². The summed E-state index contributed by atoms with van der Waals surface area (Å²) in [5.41, 5.74) is 1.15. The van der Waals surface area contributed by atoms with Gasteiger partial charge in [-0.2, -0.15) is 5.10 Å². The first-order valence-corrected chi connectivity index (χ1v) is 7.50. The Morgan fingerprint density at radius 1 is 1.53 bits per heavy atom. The molecule has 1 saturated heterocycles. The number of likely N-dealkylation sites (tertiary alicyclic amines) is 1. The second-order valence-corrected chi connectivity index (χ2v) is 5.95. The van der Waals surface area contributed by atoms with Crippen LogP contribution in [0, 0.1) is 0 Å². The quantitative estimate of drug-likeness (QED) is 0.931. The summed E-state index contributed by atoms with van der Waals surface area (Å²) in [6.45, 7) is 1.69. The molecule has 1 amide bonds. The number of nitrogens with one attached hydrogen (secondary N) is 1. The van der Waals surface area contributed by atoms with Crippen LogP contribution in [-0.4, -0.2) is 34.1 Å². The fourth-order valence-electron chi connectivity index (χ4n) is 2.58. The van der Waals surface area contributed by atoms with Gasteiger partial charge in [0.25, 0.3) is 0 Å². The fraction of sp³-hybridized carbons (Fsp3) is 0.429. The molecule has 0 aliphatic carbocycles. The van der Waals surface area contributed by atoms with E-state index in [1.807, 2.05) is 17.0 Å². The van der Waals surface area contributed by atoms with Gasteiger partial charge >= 0.3 is 0 Å². The Balaban J connectivity index is 1.51. The number of aryl methyl sites for hydroxylation is 1. The Morgan fingerprint density at radius 2 is 2.47 bits per heavy atom. The minimum atomic E-state index is 0.274. The SMILES string of the molecule is O=C(CCc1cccs1)N1CCC(c2ccn[nH]2)C1. The zero-order valence-electron chi connectivity index (χ0n) is 10.7. The van der Waals surface area contributed by atoms with Gasteiger partial charge in [-0.25, -0.2) is 0 Å². The highest BCUT2D eigenvalue weighted by Crippen LogP contribution is 2.26. The summed E-state index contributed by atoms with van der Waals surface area (Å²) in [6.07, 6.45) is 4.29. The molecule has 1 aliphatic heterocycles. The zero-order chi connectivity index (χ0) is 13.1. The lowest BCUT2D eigenvalue weighted by molar-refractivity contribution is -0.130. The van der Waals surface area contributed by atoms with Crippen molar-refractivity contribution in [3.8, 4) is 0 Å². The molecule has 1 N–H and O–H groups in total. The standard InChI is InChI=1S/C14H17N3OS/c18-14(4-3-12-2-1-9-19-12)17-8-6-11(10-17)13-5-7-15-16-13/h1-2,5,7,9,11H,3-4,6,8,10H2,(H,15,16). The lowest BCUT2D eigenvalue weighted by Crippen LogP contribution is -2.28. The molecule has 0 saturated carbocycles. The Bertz CT molecular complexity index is 521. The van der Waals surface area contributed by atoms with E-state index >= 15 is 0 Å². The van der Waals surface area contributed by atoms with Crippen molar-refractivity contribution in [2.24, 2.45) is 0 Å². The van der Waals surface area contributed by atoms with Crippen LogP contribution in [0.4, 0.5) is 0 Å². The molecule has 2 aromatic rings. The van der Waals surface area contributed by atoms with Crippen molar-refractivity contribution in [1.82, 2.24) is 15.1 Å². The van der Waals surface area contributed by atoms with Gasteiger partial charge in [-0.1, -0.05) is 6.07 Å². The maximum absolute atomic E-state index is 12.2. The molecule has 1 unspecified atom stereocenters. The number of carbonyl (C=O) groups excluding carboxylic acids is 1. The lowest BCUT2D eigenvalue weighted by Gasteiger charge is -2.15. The predicted octanol–water partition coefficient (Wildman–Crippen LogP) is 2.42. The largest absolute Gasteiger partial charge is 0.342 e. The van der Waals surface area contributed by atoms with Gasteiger partial charge in [-0.3, -0.25) is 9.89 Å². The molecule has 3 heterocycles. The number of hydrogen-bond donors (Lipinski definition) is 1. The molecule has 19 heavy (non-hydrogen) atoms. The van der Waals surface area contributed by atoms with Crippen molar-refractivity contribution in [3.63, 3.8) is 0 Å². The van der Waals surface area contributed by atoms with Gasteiger partial charge in [0.1, 0.15) is 0 Å². The van der Waals surface area contributed by atoms with Gasteiger partial charge in [0, 0.05) is 42.2 Å². The fourth-order valence-corrected chi connectivity index (χ4v) is 3.29. The number of carbonyl (C=O) groups is 1. The van der Waals surface area contributed by atoms with Gasteiger partial charge < -0.3 is 4.90 Å². The molecule has 0 bridgehead atoms. The summed E-state index contributed by atoms with van der Waals surface area (Å²) in [7, 11) is 0. The first-order chi connectivity index (χ1) is 9.33. The zero-order valence-corrected chi connectivity index (χ0v) is 11.5. The van der Waals surface area contributed by atoms with Crippen LogP contribution in [0.2, 0.25) is 0 Å². The Labute approximate surface area is 116 Å². The van der Waals surface area contributed by atoms with Gasteiger partial charge in [-0.15, -0.1) is 11.3 Å². The van der Waals surface area contributed by atoms with E-state index in [0.29, 0.717) is 12.3 Å². The number of amides is 1. The van der Waals surface area contributed by atoms with E-state index in [-0.39, 0.29) is 5.91 Å². The molecular formula is C14H17N3OS. The maximum atomic E-state index is 12.2. The number of thiophene rings is 1. The van der Waals surface area contributed by atoms with Crippen molar-refractivity contribution >= 4 is 17.2 Å². The summed E-state index contributed by atoms with van der Waals surface area (Å²) < 4.78 is 0. The van der Waals surface area contributed by atoms with Crippen LogP contribution in [0.25, 0.3) is 0 Å². The molecule has 1 fully saturated rings. The van der Waals surface area contributed by atoms with Gasteiger partial charge in [0.15, 0.2) is 0 Å². The van der Waals surface area contributed by atoms with Crippen LogP contribution in [0.1, 0.15) is 29.3 Å². The Hall–Kier alpha value is -1.62. The van der Waals surface area contributed by atoms with E-state index in [4.69, 9.17) is 0 Å². The number of H-pyrrole nitrogens is 1. The minimum Gasteiger partial charge on any atom is -0.342 e. The second-order valence-electron chi connectivity index (χ2n) is 4.92. The highest BCUT2D eigenvalue weighted by molar-refractivity contribution is 7.09. The molecule has 1 aliphatic rings. The van der Waals surface area contributed by atoms with Crippen molar-refractivity contribution in [2.45, 2.75) is 25.2 Å². The minimum absolute atomic E-state index is 0.274. The average Bonchev–Trinajstić information content (AvgIpc) is 3.14. The summed E-state index contributed by atoms with van der Waals surface area (Å²) in [6, 6.07) is 6.13. The number of rotatable bonds is 4. The van der Waals surface area contributed by atoms with Gasteiger partial charge in [0.2, 0.25) is 5.91 Å². The normalized spacial score (nSPS) is 18.9. The first-order valence-electron chi connectivity index (χ1n) is 6.62. The molecule has 4 nitrogen and oxygen atoms in total. The van der Waals surface area contributed by atoms with E-state index in [1.54, 1.807) is 17.5 Å². The van der Waals surface area contributed by atoms with E-state index < -0.39 is 0 Å². The monoisotopic (exact) mass is 275 g/mol. The number of aromatic nitrogens is 2. The Morgan fingerprint density at radius 3 is 3.21 bits per heavy atom. The van der Waals surface area contributed by atoms with Crippen molar-refractivity contribution < 1.29 is 4.79 Å².